The number of fused-ring (bicyclic) bond motifs is 1. The number of aryl methyl sites for hydroxylation is 1. The second-order valence-electron chi connectivity index (χ2n) is 3.38. The second kappa shape index (κ2) is 2.38. The Kier molecular flexibility index (Phi) is 1.50. The quantitative estimate of drug-likeness (QED) is 0.589. The normalized spacial score (nSPS) is 23.3. The molecular weight excluding hydrogens is 136 g/mol. The third kappa shape index (κ3) is 1.07. The third-order valence-electron chi connectivity index (χ3n) is 2.42. The van der Waals surface area contributed by atoms with Crippen molar-refractivity contribution < 1.29 is 0 Å². The predicted molar refractivity (Wildman–Crippen MR) is 45.5 cm³/mol. The highest BCUT2D eigenvalue weighted by atomic mass is 15.2. The minimum atomic E-state index is 0.635. The number of nitrogens with one attached hydrogen (secondary N) is 1. The van der Waals surface area contributed by atoms with Crippen LogP contribution >= 0.6 is 0 Å². The molecule has 0 aliphatic carbocycles. The standard InChI is InChI=1S/C9H14N2/c1-7-3-4-11-6-10-8(2)5-9(7)11/h3-4,8,10H,5-6H2,1-2H3. The van der Waals surface area contributed by atoms with Gasteiger partial charge in [-0.2, -0.15) is 0 Å². The van der Waals surface area contributed by atoms with Crippen LogP contribution in [0.4, 0.5) is 0 Å². The molecule has 0 radical (unpaired) electrons. The fourth-order valence-electron chi connectivity index (χ4n) is 1.66. The van der Waals surface area contributed by atoms with Gasteiger partial charge in [0.2, 0.25) is 0 Å². The van der Waals surface area contributed by atoms with Gasteiger partial charge in [-0.15, -0.1) is 0 Å². The van der Waals surface area contributed by atoms with Crippen molar-refractivity contribution in [3.63, 3.8) is 0 Å². The fourth-order valence-corrected chi connectivity index (χ4v) is 1.66. The van der Waals surface area contributed by atoms with Gasteiger partial charge in [-0.05, 0) is 25.5 Å². The van der Waals surface area contributed by atoms with Crippen LogP contribution < -0.4 is 5.32 Å². The molecule has 0 bridgehead atoms. The Morgan fingerprint density at radius 1 is 1.64 bits per heavy atom. The summed E-state index contributed by atoms with van der Waals surface area (Å²) in [6.45, 7) is 5.39. The van der Waals surface area contributed by atoms with Gasteiger partial charge in [0.05, 0.1) is 6.67 Å². The van der Waals surface area contributed by atoms with Crippen LogP contribution in [0.25, 0.3) is 0 Å². The van der Waals surface area contributed by atoms with Gasteiger partial charge >= 0.3 is 0 Å². The monoisotopic (exact) mass is 150 g/mol. The molecule has 2 rings (SSSR count). The van der Waals surface area contributed by atoms with Gasteiger partial charge in [0.15, 0.2) is 0 Å². The maximum absolute atomic E-state index is 3.41. The Bertz CT molecular complexity index is 263. The van der Waals surface area contributed by atoms with Crippen molar-refractivity contribution in [1.29, 1.82) is 0 Å². The highest BCUT2D eigenvalue weighted by Gasteiger charge is 2.14. The van der Waals surface area contributed by atoms with Crippen molar-refractivity contribution in [2.75, 3.05) is 0 Å². The van der Waals surface area contributed by atoms with Crippen molar-refractivity contribution in [2.45, 2.75) is 33.0 Å². The van der Waals surface area contributed by atoms with Crippen LogP contribution in [0.5, 0.6) is 0 Å². The minimum Gasteiger partial charge on any atom is -0.338 e. The zero-order valence-corrected chi connectivity index (χ0v) is 7.09. The highest BCUT2D eigenvalue weighted by Crippen LogP contribution is 2.15. The predicted octanol–water partition coefficient (Wildman–Crippen LogP) is 1.29. The third-order valence-corrected chi connectivity index (χ3v) is 2.42. The molecular formula is C9H14N2. The number of rotatable bonds is 0. The van der Waals surface area contributed by atoms with Crippen LogP contribution in [0, 0.1) is 6.92 Å². The van der Waals surface area contributed by atoms with Crippen molar-refractivity contribution >= 4 is 0 Å². The number of hydrogen-bond donors (Lipinski definition) is 1. The number of nitrogens with zero attached hydrogens (tertiary/aromatic N) is 1. The van der Waals surface area contributed by atoms with E-state index in [0.717, 1.165) is 6.67 Å². The number of hydrogen-bond acceptors (Lipinski definition) is 1. The van der Waals surface area contributed by atoms with Gasteiger partial charge < -0.3 is 4.57 Å². The Hall–Kier alpha value is -0.760. The summed E-state index contributed by atoms with van der Waals surface area (Å²) in [6.07, 6.45) is 3.32. The van der Waals surface area contributed by atoms with E-state index in [-0.39, 0.29) is 0 Å². The van der Waals surface area contributed by atoms with E-state index in [9.17, 15) is 0 Å². The molecule has 2 heterocycles. The van der Waals surface area contributed by atoms with Gasteiger partial charge in [-0.3, -0.25) is 5.32 Å². The molecule has 1 aliphatic heterocycles. The summed E-state index contributed by atoms with van der Waals surface area (Å²) in [4.78, 5) is 0. The molecule has 2 nitrogen and oxygen atoms in total. The smallest absolute Gasteiger partial charge is 0.0724 e. The van der Waals surface area contributed by atoms with Crippen LogP contribution in [0.2, 0.25) is 0 Å². The Morgan fingerprint density at radius 2 is 2.45 bits per heavy atom. The molecule has 0 saturated carbocycles. The van der Waals surface area contributed by atoms with Gasteiger partial charge in [-0.25, -0.2) is 0 Å². The summed E-state index contributed by atoms with van der Waals surface area (Å²) >= 11 is 0. The van der Waals surface area contributed by atoms with E-state index in [1.807, 2.05) is 0 Å². The zero-order valence-electron chi connectivity index (χ0n) is 7.09. The van der Waals surface area contributed by atoms with E-state index >= 15 is 0 Å². The van der Waals surface area contributed by atoms with Crippen LogP contribution in [-0.4, -0.2) is 10.6 Å². The molecule has 0 amide bonds. The Balaban J connectivity index is 2.37. The first-order valence-electron chi connectivity index (χ1n) is 4.15. The lowest BCUT2D eigenvalue weighted by Gasteiger charge is -2.23. The zero-order chi connectivity index (χ0) is 7.84. The summed E-state index contributed by atoms with van der Waals surface area (Å²) in [6, 6.07) is 2.82. The summed E-state index contributed by atoms with van der Waals surface area (Å²) in [7, 11) is 0. The Morgan fingerprint density at radius 3 is 3.27 bits per heavy atom. The lowest BCUT2D eigenvalue weighted by molar-refractivity contribution is 0.413. The summed E-state index contributed by atoms with van der Waals surface area (Å²) in [5, 5.41) is 3.41. The van der Waals surface area contributed by atoms with Crippen LogP contribution in [0.3, 0.4) is 0 Å². The first-order valence-corrected chi connectivity index (χ1v) is 4.15. The molecule has 1 atom stereocenters. The second-order valence-corrected chi connectivity index (χ2v) is 3.38. The molecule has 60 valence electrons. The summed E-state index contributed by atoms with van der Waals surface area (Å²) in [5.74, 6) is 0. The molecule has 11 heavy (non-hydrogen) atoms. The minimum absolute atomic E-state index is 0.635. The van der Waals surface area contributed by atoms with E-state index in [2.05, 4.69) is 36.0 Å². The molecule has 1 aliphatic rings. The maximum atomic E-state index is 3.41. The van der Waals surface area contributed by atoms with Crippen molar-refractivity contribution in [3.8, 4) is 0 Å². The van der Waals surface area contributed by atoms with Gasteiger partial charge in [0, 0.05) is 24.4 Å². The highest BCUT2D eigenvalue weighted by molar-refractivity contribution is 5.22. The molecule has 0 aromatic carbocycles. The molecule has 1 N–H and O–H groups in total. The van der Waals surface area contributed by atoms with E-state index in [1.165, 1.54) is 17.7 Å². The largest absolute Gasteiger partial charge is 0.338 e. The lowest BCUT2D eigenvalue weighted by atomic mass is 10.1. The van der Waals surface area contributed by atoms with Crippen molar-refractivity contribution in [1.82, 2.24) is 9.88 Å². The maximum Gasteiger partial charge on any atom is 0.0724 e. The Labute approximate surface area is 67.2 Å². The molecule has 1 unspecified atom stereocenters. The van der Waals surface area contributed by atoms with Crippen LogP contribution in [0.1, 0.15) is 18.2 Å². The summed E-state index contributed by atoms with van der Waals surface area (Å²) in [5.41, 5.74) is 2.93. The first-order chi connectivity index (χ1) is 5.27. The SMILES string of the molecule is Cc1ccn2c1CC(C)NC2. The number of aromatic nitrogens is 1. The first kappa shape index (κ1) is 6.92. The van der Waals surface area contributed by atoms with E-state index in [0.29, 0.717) is 6.04 Å². The van der Waals surface area contributed by atoms with Crippen molar-refractivity contribution in [3.05, 3.63) is 23.5 Å². The fraction of sp³-hybridized carbons (Fsp3) is 0.556. The topological polar surface area (TPSA) is 17.0 Å². The van der Waals surface area contributed by atoms with Crippen LogP contribution in [-0.2, 0) is 13.1 Å². The molecule has 0 saturated heterocycles. The van der Waals surface area contributed by atoms with Crippen LogP contribution in [0.15, 0.2) is 12.3 Å². The van der Waals surface area contributed by atoms with E-state index in [1.54, 1.807) is 0 Å². The molecule has 1 aromatic rings. The molecule has 0 spiro atoms. The lowest BCUT2D eigenvalue weighted by Crippen LogP contribution is -2.36. The molecule has 0 fully saturated rings. The van der Waals surface area contributed by atoms with Crippen molar-refractivity contribution in [2.24, 2.45) is 0 Å². The average Bonchev–Trinajstić information content (AvgIpc) is 2.33. The van der Waals surface area contributed by atoms with Gasteiger partial charge in [0.1, 0.15) is 0 Å². The van der Waals surface area contributed by atoms with Gasteiger partial charge in [-0.1, -0.05) is 0 Å². The van der Waals surface area contributed by atoms with E-state index < -0.39 is 0 Å². The summed E-state index contributed by atoms with van der Waals surface area (Å²) < 4.78 is 2.29. The molecule has 2 heteroatoms. The average molecular weight is 150 g/mol. The van der Waals surface area contributed by atoms with Gasteiger partial charge in [0.25, 0.3) is 0 Å². The van der Waals surface area contributed by atoms with E-state index in [4.69, 9.17) is 0 Å². The molecule has 1 aromatic heterocycles.